The molecular formula is C7H14S3. The molecule has 0 aromatic rings. The van der Waals surface area contributed by atoms with Crippen molar-refractivity contribution in [2.45, 2.75) is 13.8 Å². The van der Waals surface area contributed by atoms with Crippen LogP contribution in [0.5, 0.6) is 0 Å². The molecule has 0 unspecified atom stereocenters. The Bertz CT molecular complexity index is 91.0. The summed E-state index contributed by atoms with van der Waals surface area (Å²) in [5.41, 5.74) is 0. The monoisotopic (exact) mass is 194 g/mol. The van der Waals surface area contributed by atoms with Gasteiger partial charge in [0.2, 0.25) is 0 Å². The van der Waals surface area contributed by atoms with Gasteiger partial charge in [0.05, 0.1) is 0 Å². The fourth-order valence-electron chi connectivity index (χ4n) is 0.490. The summed E-state index contributed by atoms with van der Waals surface area (Å²) in [6, 6.07) is 0. The number of hydrogen-bond acceptors (Lipinski definition) is 3. The lowest BCUT2D eigenvalue weighted by Crippen LogP contribution is -1.72. The molecule has 0 amide bonds. The molecule has 0 nitrogen and oxygen atoms in total. The van der Waals surface area contributed by atoms with E-state index in [4.69, 9.17) is 0 Å². The van der Waals surface area contributed by atoms with E-state index in [1.54, 1.807) is 11.8 Å². The van der Waals surface area contributed by atoms with E-state index >= 15 is 0 Å². The van der Waals surface area contributed by atoms with Crippen LogP contribution in [0.25, 0.3) is 0 Å². The van der Waals surface area contributed by atoms with Gasteiger partial charge in [-0.05, 0) is 23.2 Å². The quantitative estimate of drug-likeness (QED) is 0.655. The molecule has 0 fully saturated rings. The molecule has 0 saturated carbocycles. The maximum absolute atomic E-state index is 2.22. The lowest BCUT2D eigenvalue weighted by Gasteiger charge is -2.00. The summed E-state index contributed by atoms with van der Waals surface area (Å²) in [6.07, 6.45) is 2.10. The minimum absolute atomic E-state index is 1.18. The largest absolute Gasteiger partial charge is 0.136 e. The molecule has 0 bridgehead atoms. The Hall–Kier alpha value is 0.790. The fraction of sp³-hybridized carbons (Fsp3) is 0.714. The normalized spacial score (nSPS) is 9.50. The van der Waals surface area contributed by atoms with Gasteiger partial charge >= 0.3 is 0 Å². The third-order valence-electron chi connectivity index (χ3n) is 0.787. The van der Waals surface area contributed by atoms with Gasteiger partial charge in [-0.3, -0.25) is 0 Å². The Balaban J connectivity index is 3.60. The molecule has 0 aliphatic heterocycles. The highest BCUT2D eigenvalue weighted by Crippen LogP contribution is 2.29. The average Bonchev–Trinajstić information content (AvgIpc) is 1.90. The molecule has 0 spiro atoms. The minimum atomic E-state index is 1.18. The van der Waals surface area contributed by atoms with Gasteiger partial charge in [0.15, 0.2) is 0 Å². The van der Waals surface area contributed by atoms with E-state index in [0.717, 1.165) is 0 Å². The molecular weight excluding hydrogens is 180 g/mol. The highest BCUT2D eigenvalue weighted by Gasteiger charge is 1.93. The Kier molecular flexibility index (Phi) is 8.52. The predicted octanol–water partition coefficient (Wildman–Crippen LogP) is 3.65. The van der Waals surface area contributed by atoms with Crippen LogP contribution < -0.4 is 0 Å². The zero-order valence-electron chi connectivity index (χ0n) is 6.72. The molecule has 0 N–H and O–H groups in total. The summed E-state index contributed by atoms with van der Waals surface area (Å²) in [7, 11) is 0. The first-order valence-electron chi connectivity index (χ1n) is 3.33. The summed E-state index contributed by atoms with van der Waals surface area (Å²) < 4.78 is 1.46. The fourth-order valence-corrected chi connectivity index (χ4v) is 3.41. The van der Waals surface area contributed by atoms with E-state index in [1.165, 1.54) is 15.7 Å². The SMILES string of the molecule is CCSC(=CSC)SCC. The molecule has 0 aromatic carbocycles. The number of hydrogen-bond donors (Lipinski definition) is 0. The van der Waals surface area contributed by atoms with E-state index in [-0.39, 0.29) is 0 Å². The maximum atomic E-state index is 2.22. The third kappa shape index (κ3) is 5.57. The van der Waals surface area contributed by atoms with Crippen molar-refractivity contribution in [3.8, 4) is 0 Å². The number of thioether (sulfide) groups is 3. The molecule has 10 heavy (non-hydrogen) atoms. The second-order valence-corrected chi connectivity index (χ2v) is 5.12. The van der Waals surface area contributed by atoms with Crippen LogP contribution in [-0.4, -0.2) is 17.8 Å². The molecule has 60 valence electrons. The predicted molar refractivity (Wildman–Crippen MR) is 57.9 cm³/mol. The third-order valence-corrected chi connectivity index (χ3v) is 3.65. The van der Waals surface area contributed by atoms with Crippen LogP contribution in [0.1, 0.15) is 13.8 Å². The summed E-state index contributed by atoms with van der Waals surface area (Å²) >= 11 is 5.64. The van der Waals surface area contributed by atoms with Crippen molar-refractivity contribution >= 4 is 35.3 Å². The van der Waals surface area contributed by atoms with Crippen LogP contribution in [0.3, 0.4) is 0 Å². The first kappa shape index (κ1) is 10.8. The first-order valence-corrected chi connectivity index (χ1v) is 6.59. The van der Waals surface area contributed by atoms with Crippen LogP contribution in [0, 0.1) is 0 Å². The molecule has 0 saturated heterocycles. The molecule has 0 radical (unpaired) electrons. The maximum Gasteiger partial charge on any atom is 0.0464 e. The summed E-state index contributed by atoms with van der Waals surface area (Å²) in [5.74, 6) is 2.36. The average molecular weight is 194 g/mol. The van der Waals surface area contributed by atoms with Gasteiger partial charge in [0, 0.05) is 4.24 Å². The highest BCUT2D eigenvalue weighted by molar-refractivity contribution is 8.23. The van der Waals surface area contributed by atoms with Gasteiger partial charge in [0.25, 0.3) is 0 Å². The molecule has 3 heteroatoms. The van der Waals surface area contributed by atoms with E-state index in [0.29, 0.717) is 0 Å². The molecule has 0 rings (SSSR count). The van der Waals surface area contributed by atoms with Crippen LogP contribution >= 0.6 is 35.3 Å². The Morgan fingerprint density at radius 1 is 1.20 bits per heavy atom. The molecule has 0 heterocycles. The summed E-state index contributed by atoms with van der Waals surface area (Å²) in [4.78, 5) is 0. The Labute approximate surface area is 76.6 Å². The van der Waals surface area contributed by atoms with E-state index in [2.05, 4.69) is 25.5 Å². The van der Waals surface area contributed by atoms with Gasteiger partial charge in [-0.2, -0.15) is 0 Å². The Morgan fingerprint density at radius 3 is 2.00 bits per heavy atom. The van der Waals surface area contributed by atoms with Crippen LogP contribution in [0.4, 0.5) is 0 Å². The number of rotatable bonds is 5. The van der Waals surface area contributed by atoms with Crippen molar-refractivity contribution in [2.24, 2.45) is 0 Å². The van der Waals surface area contributed by atoms with E-state index < -0.39 is 0 Å². The topological polar surface area (TPSA) is 0 Å². The Morgan fingerprint density at radius 2 is 1.70 bits per heavy atom. The lowest BCUT2D eigenvalue weighted by molar-refractivity contribution is 1.53. The van der Waals surface area contributed by atoms with Crippen molar-refractivity contribution < 1.29 is 0 Å². The molecule has 0 aliphatic rings. The summed E-state index contributed by atoms with van der Waals surface area (Å²) in [6.45, 7) is 4.38. The zero-order valence-corrected chi connectivity index (χ0v) is 9.17. The molecule has 0 aromatic heterocycles. The van der Waals surface area contributed by atoms with Crippen LogP contribution in [-0.2, 0) is 0 Å². The van der Waals surface area contributed by atoms with Gasteiger partial charge in [0.1, 0.15) is 0 Å². The summed E-state index contributed by atoms with van der Waals surface area (Å²) in [5, 5.41) is 2.22. The van der Waals surface area contributed by atoms with Gasteiger partial charge < -0.3 is 0 Å². The zero-order chi connectivity index (χ0) is 7.82. The smallest absolute Gasteiger partial charge is 0.0464 e. The van der Waals surface area contributed by atoms with Gasteiger partial charge in [-0.25, -0.2) is 0 Å². The first-order chi connectivity index (χ1) is 4.85. The second-order valence-electron chi connectivity index (χ2n) is 1.54. The van der Waals surface area contributed by atoms with Crippen molar-refractivity contribution in [1.82, 2.24) is 0 Å². The van der Waals surface area contributed by atoms with E-state index in [9.17, 15) is 0 Å². The highest BCUT2D eigenvalue weighted by atomic mass is 32.2. The molecule has 0 atom stereocenters. The van der Waals surface area contributed by atoms with Crippen molar-refractivity contribution in [3.63, 3.8) is 0 Å². The minimum Gasteiger partial charge on any atom is -0.136 e. The van der Waals surface area contributed by atoms with Crippen LogP contribution in [0.15, 0.2) is 9.65 Å². The van der Waals surface area contributed by atoms with Crippen molar-refractivity contribution in [2.75, 3.05) is 17.8 Å². The lowest BCUT2D eigenvalue weighted by atomic mass is 11.0. The van der Waals surface area contributed by atoms with Crippen molar-refractivity contribution in [1.29, 1.82) is 0 Å². The van der Waals surface area contributed by atoms with E-state index in [1.807, 2.05) is 23.5 Å². The van der Waals surface area contributed by atoms with Crippen molar-refractivity contribution in [3.05, 3.63) is 9.65 Å². The van der Waals surface area contributed by atoms with Gasteiger partial charge in [-0.1, -0.05) is 13.8 Å². The van der Waals surface area contributed by atoms with Crippen LogP contribution in [0.2, 0.25) is 0 Å². The molecule has 0 aliphatic carbocycles. The second kappa shape index (κ2) is 7.89. The van der Waals surface area contributed by atoms with Gasteiger partial charge in [-0.15, -0.1) is 35.3 Å². The standard InChI is InChI=1S/C7H14S3/c1-4-9-7(6-8-3)10-5-2/h6H,4-5H2,1-3H3.